The zero-order valence-electron chi connectivity index (χ0n) is 12.6. The molecule has 1 aromatic heterocycles. The standard InChI is InChI=1S/C13H26N6S/c1-10(2)7-19-13(15-9-16-19)6-11(17-14)12-8-20-5-4-18(12)3/h9-12,17H,4-8,14H2,1-3H3. The first-order valence-electron chi connectivity index (χ1n) is 7.22. The fraction of sp³-hybridized carbons (Fsp3) is 0.846. The third-order valence-electron chi connectivity index (χ3n) is 3.76. The Morgan fingerprint density at radius 2 is 2.35 bits per heavy atom. The van der Waals surface area contributed by atoms with Crippen molar-refractivity contribution in [2.75, 3.05) is 25.1 Å². The SMILES string of the molecule is CC(C)Cn1ncnc1CC(NN)C1CSCCN1C. The Labute approximate surface area is 125 Å². The molecule has 1 saturated heterocycles. The Balaban J connectivity index is 2.04. The Kier molecular flexibility index (Phi) is 5.83. The minimum atomic E-state index is 0.211. The number of aromatic nitrogens is 3. The lowest BCUT2D eigenvalue weighted by Crippen LogP contribution is -2.55. The van der Waals surface area contributed by atoms with Crippen molar-refractivity contribution in [3.8, 4) is 0 Å². The molecule has 114 valence electrons. The van der Waals surface area contributed by atoms with E-state index in [9.17, 15) is 0 Å². The van der Waals surface area contributed by atoms with E-state index in [1.807, 2.05) is 16.4 Å². The van der Waals surface area contributed by atoms with Crippen LogP contribution in [0.15, 0.2) is 6.33 Å². The van der Waals surface area contributed by atoms with Crippen LogP contribution in [0.3, 0.4) is 0 Å². The van der Waals surface area contributed by atoms with Crippen LogP contribution in [0.1, 0.15) is 19.7 Å². The van der Waals surface area contributed by atoms with Gasteiger partial charge >= 0.3 is 0 Å². The highest BCUT2D eigenvalue weighted by atomic mass is 32.2. The number of hydrogen-bond donors (Lipinski definition) is 2. The number of rotatable bonds is 6. The van der Waals surface area contributed by atoms with E-state index >= 15 is 0 Å². The van der Waals surface area contributed by atoms with Crippen LogP contribution in [0.2, 0.25) is 0 Å². The minimum Gasteiger partial charge on any atom is -0.300 e. The van der Waals surface area contributed by atoms with Gasteiger partial charge in [0, 0.05) is 43.1 Å². The van der Waals surface area contributed by atoms with Gasteiger partial charge in [-0.3, -0.25) is 11.3 Å². The van der Waals surface area contributed by atoms with Crippen molar-refractivity contribution in [1.82, 2.24) is 25.1 Å². The summed E-state index contributed by atoms with van der Waals surface area (Å²) in [6.45, 7) is 6.40. The van der Waals surface area contributed by atoms with Crippen molar-refractivity contribution in [2.24, 2.45) is 11.8 Å². The predicted molar refractivity (Wildman–Crippen MR) is 83.4 cm³/mol. The van der Waals surface area contributed by atoms with Gasteiger partial charge in [-0.05, 0) is 13.0 Å². The van der Waals surface area contributed by atoms with Gasteiger partial charge in [0.15, 0.2) is 0 Å². The summed E-state index contributed by atoms with van der Waals surface area (Å²) >= 11 is 2.00. The van der Waals surface area contributed by atoms with Crippen LogP contribution in [0.25, 0.3) is 0 Å². The molecule has 0 bridgehead atoms. The molecule has 1 aliphatic rings. The topological polar surface area (TPSA) is 72.0 Å². The van der Waals surface area contributed by atoms with Gasteiger partial charge in [0.05, 0.1) is 0 Å². The van der Waals surface area contributed by atoms with Crippen LogP contribution >= 0.6 is 11.8 Å². The number of thioether (sulfide) groups is 1. The molecule has 2 unspecified atom stereocenters. The Bertz CT molecular complexity index is 407. The summed E-state index contributed by atoms with van der Waals surface area (Å²) in [7, 11) is 2.17. The summed E-state index contributed by atoms with van der Waals surface area (Å²) in [6.07, 6.45) is 2.46. The molecule has 1 aliphatic heterocycles. The first-order chi connectivity index (χ1) is 9.61. The summed E-state index contributed by atoms with van der Waals surface area (Å²) in [6, 6.07) is 0.658. The summed E-state index contributed by atoms with van der Waals surface area (Å²) in [5, 5.41) is 4.33. The average molecular weight is 298 g/mol. The second-order valence-corrected chi connectivity index (χ2v) is 7.00. The van der Waals surface area contributed by atoms with Crippen molar-refractivity contribution >= 4 is 11.8 Å². The number of nitrogens with one attached hydrogen (secondary N) is 1. The van der Waals surface area contributed by atoms with E-state index in [0.29, 0.717) is 12.0 Å². The van der Waals surface area contributed by atoms with E-state index in [4.69, 9.17) is 5.84 Å². The van der Waals surface area contributed by atoms with Crippen LogP contribution in [0.5, 0.6) is 0 Å². The summed E-state index contributed by atoms with van der Waals surface area (Å²) in [5.41, 5.74) is 2.98. The molecule has 6 nitrogen and oxygen atoms in total. The van der Waals surface area contributed by atoms with Crippen LogP contribution in [0, 0.1) is 5.92 Å². The molecule has 0 radical (unpaired) electrons. The maximum absolute atomic E-state index is 5.79. The maximum Gasteiger partial charge on any atom is 0.138 e. The van der Waals surface area contributed by atoms with E-state index in [1.165, 1.54) is 5.75 Å². The number of nitrogens with two attached hydrogens (primary N) is 1. The van der Waals surface area contributed by atoms with Gasteiger partial charge in [0.25, 0.3) is 0 Å². The second-order valence-electron chi connectivity index (χ2n) is 5.85. The minimum absolute atomic E-state index is 0.211. The molecule has 0 aromatic carbocycles. The lowest BCUT2D eigenvalue weighted by molar-refractivity contribution is 0.211. The van der Waals surface area contributed by atoms with E-state index in [1.54, 1.807) is 6.33 Å². The lowest BCUT2D eigenvalue weighted by atomic mass is 10.0. The highest BCUT2D eigenvalue weighted by molar-refractivity contribution is 7.99. The largest absolute Gasteiger partial charge is 0.300 e. The molecule has 0 spiro atoms. The molecular weight excluding hydrogens is 272 g/mol. The summed E-state index contributed by atoms with van der Waals surface area (Å²) in [5.74, 6) is 9.69. The van der Waals surface area contributed by atoms with Gasteiger partial charge in [-0.1, -0.05) is 13.8 Å². The Morgan fingerprint density at radius 3 is 3.00 bits per heavy atom. The molecular formula is C13H26N6S. The normalized spacial score (nSPS) is 22.4. The molecule has 0 amide bonds. The molecule has 7 heteroatoms. The lowest BCUT2D eigenvalue weighted by Gasteiger charge is -2.37. The van der Waals surface area contributed by atoms with Gasteiger partial charge in [-0.2, -0.15) is 16.9 Å². The molecule has 2 rings (SSSR count). The summed E-state index contributed by atoms with van der Waals surface area (Å²) in [4.78, 5) is 6.80. The van der Waals surface area contributed by atoms with E-state index in [2.05, 4.69) is 41.3 Å². The van der Waals surface area contributed by atoms with Crippen LogP contribution in [-0.2, 0) is 13.0 Å². The van der Waals surface area contributed by atoms with Crippen LogP contribution < -0.4 is 11.3 Å². The smallest absolute Gasteiger partial charge is 0.138 e. The van der Waals surface area contributed by atoms with Crippen LogP contribution in [0.4, 0.5) is 0 Å². The highest BCUT2D eigenvalue weighted by Crippen LogP contribution is 2.19. The molecule has 0 saturated carbocycles. The molecule has 1 aromatic rings. The van der Waals surface area contributed by atoms with E-state index in [-0.39, 0.29) is 6.04 Å². The predicted octanol–water partition coefficient (Wildman–Crippen LogP) is 0.356. The number of hydrogen-bond acceptors (Lipinski definition) is 6. The van der Waals surface area contributed by atoms with Gasteiger partial charge < -0.3 is 4.90 Å². The van der Waals surface area contributed by atoms with Gasteiger partial charge in [-0.15, -0.1) is 0 Å². The zero-order chi connectivity index (χ0) is 14.5. The van der Waals surface area contributed by atoms with E-state index < -0.39 is 0 Å². The average Bonchev–Trinajstić information content (AvgIpc) is 2.83. The van der Waals surface area contributed by atoms with Gasteiger partial charge in [0.2, 0.25) is 0 Å². The third kappa shape index (κ3) is 3.94. The Hall–Kier alpha value is -0.630. The molecule has 20 heavy (non-hydrogen) atoms. The first-order valence-corrected chi connectivity index (χ1v) is 8.38. The molecule has 3 N–H and O–H groups in total. The second kappa shape index (κ2) is 7.40. The van der Waals surface area contributed by atoms with Crippen LogP contribution in [-0.4, -0.2) is 56.8 Å². The molecule has 2 atom stereocenters. The van der Waals surface area contributed by atoms with Crippen molar-refractivity contribution in [2.45, 2.75) is 38.9 Å². The fourth-order valence-electron chi connectivity index (χ4n) is 2.58. The monoisotopic (exact) mass is 298 g/mol. The van der Waals surface area contributed by atoms with Crippen molar-refractivity contribution in [1.29, 1.82) is 0 Å². The van der Waals surface area contributed by atoms with Crippen molar-refractivity contribution in [3.63, 3.8) is 0 Å². The number of nitrogens with zero attached hydrogens (tertiary/aromatic N) is 4. The molecule has 0 aliphatic carbocycles. The quantitative estimate of drug-likeness (QED) is 0.583. The maximum atomic E-state index is 5.79. The zero-order valence-corrected chi connectivity index (χ0v) is 13.4. The van der Waals surface area contributed by atoms with E-state index in [0.717, 1.165) is 31.1 Å². The van der Waals surface area contributed by atoms with Gasteiger partial charge in [-0.25, -0.2) is 9.67 Å². The van der Waals surface area contributed by atoms with Gasteiger partial charge in [0.1, 0.15) is 12.2 Å². The Morgan fingerprint density at radius 1 is 1.55 bits per heavy atom. The third-order valence-corrected chi connectivity index (χ3v) is 4.81. The summed E-state index contributed by atoms with van der Waals surface area (Å²) < 4.78 is 2.00. The van der Waals surface area contributed by atoms with Crippen molar-refractivity contribution < 1.29 is 0 Å². The molecule has 2 heterocycles. The molecule has 1 fully saturated rings. The fourth-order valence-corrected chi connectivity index (χ4v) is 3.89. The highest BCUT2D eigenvalue weighted by Gasteiger charge is 2.28. The number of likely N-dealkylation sites (N-methyl/N-ethyl adjacent to an activating group) is 1. The number of hydrazine groups is 1. The van der Waals surface area contributed by atoms with Crippen molar-refractivity contribution in [3.05, 3.63) is 12.2 Å². The first kappa shape index (κ1) is 15.8.